The minimum Gasteiger partial charge on any atom is -0.462 e. The molecule has 0 amide bonds. The van der Waals surface area contributed by atoms with Crippen molar-refractivity contribution >= 4 is 27.6 Å². The summed E-state index contributed by atoms with van der Waals surface area (Å²) in [6, 6.07) is 0. The third kappa shape index (κ3) is 32.2. The van der Waals surface area contributed by atoms with Crippen molar-refractivity contribution in [2.45, 2.75) is 205 Å². The van der Waals surface area contributed by atoms with Gasteiger partial charge in [0.2, 0.25) is 0 Å². The first-order valence-electron chi connectivity index (χ1n) is 23.3. The number of phosphoric acid groups is 2. The summed E-state index contributed by atoms with van der Waals surface area (Å²) in [5, 5.41) is 41.2. The highest BCUT2D eigenvalue weighted by Crippen LogP contribution is 2.44. The molecule has 0 aromatic rings. The van der Waals surface area contributed by atoms with Gasteiger partial charge in [0.05, 0.1) is 38.1 Å². The molecule has 1 saturated carbocycles. The summed E-state index contributed by atoms with van der Waals surface area (Å²) in [5.74, 6) is -1.57. The van der Waals surface area contributed by atoms with Crippen LogP contribution in [-0.4, -0.2) is 104 Å². The number of hydrogen-bond donors (Lipinski definition) is 7. The van der Waals surface area contributed by atoms with E-state index in [0.29, 0.717) is 32.1 Å². The first-order chi connectivity index (χ1) is 29.6. The fourth-order valence-corrected chi connectivity index (χ4v) is 8.48. The van der Waals surface area contributed by atoms with E-state index in [9.17, 15) is 44.0 Å². The number of aliphatic hydroxyl groups is 4. The van der Waals surface area contributed by atoms with Gasteiger partial charge in [0, 0.05) is 25.2 Å². The molecule has 18 heteroatoms. The molecule has 0 aromatic heterocycles. The molecule has 0 bridgehead atoms. The number of unbranched alkanes of at least 4 members (excludes halogenated alkanes) is 16. The molecule has 0 aromatic carbocycles. The predicted molar refractivity (Wildman–Crippen MR) is 237 cm³/mol. The molecule has 1 rings (SSSR count). The lowest BCUT2D eigenvalue weighted by atomic mass is 9.88. The van der Waals surface area contributed by atoms with Crippen molar-refractivity contribution in [2.24, 2.45) is 11.8 Å². The van der Waals surface area contributed by atoms with Crippen LogP contribution in [0.15, 0.2) is 24.3 Å². The monoisotopic (exact) mass is 929 g/mol. The highest BCUT2D eigenvalue weighted by molar-refractivity contribution is 7.47. The van der Waals surface area contributed by atoms with Crippen molar-refractivity contribution in [1.82, 2.24) is 0 Å². The Morgan fingerprint density at radius 1 is 0.645 bits per heavy atom. The van der Waals surface area contributed by atoms with Gasteiger partial charge < -0.3 is 44.6 Å². The van der Waals surface area contributed by atoms with Gasteiger partial charge in [-0.1, -0.05) is 128 Å². The number of carbonyl (C=O) groups is 2. The Hall–Kier alpha value is -1.52. The predicted octanol–water partition coefficient (Wildman–Crippen LogP) is 8.28. The second kappa shape index (κ2) is 35.7. The Kier molecular flexibility index (Phi) is 33.7. The van der Waals surface area contributed by atoms with Gasteiger partial charge in [0.1, 0.15) is 12.7 Å². The van der Waals surface area contributed by atoms with Crippen LogP contribution in [0.25, 0.3) is 0 Å². The molecule has 8 atom stereocenters. The van der Waals surface area contributed by atoms with Crippen molar-refractivity contribution in [2.75, 3.05) is 26.4 Å². The number of carbonyl (C=O) groups excluding carboxylic acids is 2. The highest BCUT2D eigenvalue weighted by Gasteiger charge is 2.39. The van der Waals surface area contributed by atoms with Crippen LogP contribution in [0, 0.1) is 11.8 Å². The van der Waals surface area contributed by atoms with Crippen LogP contribution in [0.5, 0.6) is 0 Å². The minimum atomic E-state index is -4.89. The van der Waals surface area contributed by atoms with Gasteiger partial charge in [-0.15, -0.1) is 0 Å². The maximum Gasteiger partial charge on any atom is 0.472 e. The Morgan fingerprint density at radius 2 is 1.18 bits per heavy atom. The van der Waals surface area contributed by atoms with Crippen molar-refractivity contribution in [1.29, 1.82) is 0 Å². The SMILES string of the molecule is CCCCCCCC/C=C\CCCCCCCC(=O)OC[C@H](COP(=O)(O)OC[C@@H](O)COP(=O)(O)O)OC(=O)CCCCCC[C@@H]1[C@@H](/C=C/[C@@H](O)CCCCC)[C@H](O)C[C@@H]1O. The van der Waals surface area contributed by atoms with Crippen LogP contribution in [-0.2, 0) is 41.8 Å². The molecular weight excluding hydrogens is 846 g/mol. The van der Waals surface area contributed by atoms with Gasteiger partial charge >= 0.3 is 27.6 Å². The summed E-state index contributed by atoms with van der Waals surface area (Å²) in [6.07, 6.45) is 25.1. The van der Waals surface area contributed by atoms with Crippen molar-refractivity contribution in [3.63, 3.8) is 0 Å². The van der Waals surface area contributed by atoms with Gasteiger partial charge in [-0.05, 0) is 57.3 Å². The zero-order valence-electron chi connectivity index (χ0n) is 37.6. The molecule has 1 unspecified atom stereocenters. The van der Waals surface area contributed by atoms with Gasteiger partial charge in [0.25, 0.3) is 0 Å². The molecule has 7 N–H and O–H groups in total. The fraction of sp³-hybridized carbons (Fsp3) is 0.864. The summed E-state index contributed by atoms with van der Waals surface area (Å²) in [5.41, 5.74) is 0. The topological polar surface area (TPSA) is 256 Å². The van der Waals surface area contributed by atoms with Gasteiger partial charge in [-0.3, -0.25) is 23.2 Å². The molecule has 0 aliphatic heterocycles. The van der Waals surface area contributed by atoms with E-state index in [1.165, 1.54) is 38.5 Å². The standard InChI is InChI=1S/C44H82O16P2/c1-3-5-7-8-9-10-11-12-13-14-15-16-17-18-23-27-43(49)56-34-38(35-59-62(54,55)58-33-37(46)32-57-61(51,52)53)60-44(50)28-24-20-19-22-26-39-40(42(48)31-41(39)47)30-29-36(45)25-21-6-4-2/h12-13,29-30,36-42,45-48H,3-11,14-28,31-35H2,1-2H3,(H,54,55)(H2,51,52,53)/b13-12-,30-29+/t36-,37-,38+,39+,40+,41-,42+/m0/s1. The van der Waals surface area contributed by atoms with Gasteiger partial charge in [-0.2, -0.15) is 0 Å². The highest BCUT2D eigenvalue weighted by atomic mass is 31.2. The largest absolute Gasteiger partial charge is 0.472 e. The average Bonchev–Trinajstić information content (AvgIpc) is 3.49. The lowest BCUT2D eigenvalue weighted by Gasteiger charge is -2.21. The second-order valence-electron chi connectivity index (χ2n) is 16.6. The Bertz CT molecular complexity index is 1310. The molecule has 0 saturated heterocycles. The molecule has 1 aliphatic carbocycles. The molecule has 364 valence electrons. The Labute approximate surface area is 371 Å². The Balaban J connectivity index is 2.53. The van der Waals surface area contributed by atoms with Crippen molar-refractivity contribution < 1.29 is 76.9 Å². The first-order valence-corrected chi connectivity index (χ1v) is 26.3. The maximum absolute atomic E-state index is 12.8. The zero-order valence-corrected chi connectivity index (χ0v) is 39.3. The number of rotatable bonds is 40. The van der Waals surface area contributed by atoms with Crippen LogP contribution in [0.1, 0.15) is 174 Å². The van der Waals surface area contributed by atoms with E-state index >= 15 is 0 Å². The third-order valence-corrected chi connectivity index (χ3v) is 12.3. The molecule has 62 heavy (non-hydrogen) atoms. The molecule has 16 nitrogen and oxygen atoms in total. The molecular formula is C44H82O16P2. The zero-order chi connectivity index (χ0) is 46.1. The summed E-state index contributed by atoms with van der Waals surface area (Å²) >= 11 is 0. The van der Waals surface area contributed by atoms with Crippen LogP contribution < -0.4 is 0 Å². The normalized spacial score (nSPS) is 20.7. The van der Waals surface area contributed by atoms with Crippen LogP contribution in [0.3, 0.4) is 0 Å². The number of hydrogen-bond acceptors (Lipinski definition) is 13. The number of aliphatic hydroxyl groups excluding tert-OH is 4. The summed E-state index contributed by atoms with van der Waals surface area (Å²) < 4.78 is 47.9. The lowest BCUT2D eigenvalue weighted by molar-refractivity contribution is -0.161. The minimum absolute atomic E-state index is 0.00443. The quantitative estimate of drug-likeness (QED) is 0.0132. The van der Waals surface area contributed by atoms with Gasteiger partial charge in [-0.25, -0.2) is 9.13 Å². The molecule has 0 heterocycles. The third-order valence-electron chi connectivity index (χ3n) is 10.9. The molecule has 0 radical (unpaired) electrons. The second-order valence-corrected chi connectivity index (χ2v) is 19.3. The van der Waals surface area contributed by atoms with E-state index in [1.54, 1.807) is 6.08 Å². The van der Waals surface area contributed by atoms with E-state index in [0.717, 1.165) is 70.6 Å². The van der Waals surface area contributed by atoms with E-state index in [4.69, 9.17) is 23.8 Å². The van der Waals surface area contributed by atoms with Crippen LogP contribution in [0.2, 0.25) is 0 Å². The average molecular weight is 929 g/mol. The van der Waals surface area contributed by atoms with Crippen molar-refractivity contribution in [3.05, 3.63) is 24.3 Å². The number of phosphoric ester groups is 2. The molecule has 1 fully saturated rings. The van der Waals surface area contributed by atoms with E-state index in [-0.39, 0.29) is 31.1 Å². The van der Waals surface area contributed by atoms with E-state index in [2.05, 4.69) is 35.0 Å². The number of esters is 2. The van der Waals surface area contributed by atoms with Crippen LogP contribution in [0.4, 0.5) is 0 Å². The van der Waals surface area contributed by atoms with Crippen molar-refractivity contribution in [3.8, 4) is 0 Å². The van der Waals surface area contributed by atoms with E-state index in [1.807, 2.05) is 6.08 Å². The summed E-state index contributed by atoms with van der Waals surface area (Å²) in [7, 11) is -9.76. The molecule has 1 aliphatic rings. The molecule has 0 spiro atoms. The smallest absolute Gasteiger partial charge is 0.462 e. The summed E-state index contributed by atoms with van der Waals surface area (Å²) in [6.45, 7) is 1.42. The van der Waals surface area contributed by atoms with Crippen LogP contribution >= 0.6 is 15.6 Å². The van der Waals surface area contributed by atoms with Gasteiger partial charge in [0.15, 0.2) is 6.10 Å². The maximum atomic E-state index is 12.8. The van der Waals surface area contributed by atoms with E-state index < -0.39 is 84.5 Å². The number of allylic oxidation sites excluding steroid dienone is 2. The first kappa shape index (κ1) is 58.5. The summed E-state index contributed by atoms with van der Waals surface area (Å²) in [4.78, 5) is 53.0. The number of ether oxygens (including phenoxy) is 2. The Morgan fingerprint density at radius 3 is 1.81 bits per heavy atom. The lowest BCUT2D eigenvalue weighted by Crippen LogP contribution is -2.30. The fourth-order valence-electron chi connectivity index (χ4n) is 7.32.